The Balaban J connectivity index is 1.19. The Bertz CT molecular complexity index is 822. The maximum atomic E-state index is 13.0. The Kier molecular flexibility index (Phi) is 7.02. The molecule has 0 N–H and O–H groups in total. The standard InChI is InChI=1S/C23H32N4O2S/c1-18-24-21(17-30-18)16-25-9-7-20(8-10-25)23(28)27-13-11-26(12-14-27)15-19-3-5-22(29-2)6-4-19/h3-6,17,20H,7-16H2,1-2H3. The summed E-state index contributed by atoms with van der Waals surface area (Å²) in [5.41, 5.74) is 2.45. The van der Waals surface area contributed by atoms with Crippen LogP contribution in [0.1, 0.15) is 29.1 Å². The van der Waals surface area contributed by atoms with Crippen molar-refractivity contribution in [3.63, 3.8) is 0 Å². The SMILES string of the molecule is COc1ccc(CN2CCN(C(=O)C3CCN(Cc4csc(C)n4)CC3)CC2)cc1. The van der Waals surface area contributed by atoms with Crippen molar-refractivity contribution in [2.24, 2.45) is 5.92 Å². The molecule has 0 radical (unpaired) electrons. The van der Waals surface area contributed by atoms with Crippen molar-refractivity contribution in [1.29, 1.82) is 0 Å². The highest BCUT2D eigenvalue weighted by Gasteiger charge is 2.30. The van der Waals surface area contributed by atoms with Gasteiger partial charge in [-0.1, -0.05) is 12.1 Å². The number of amides is 1. The average molecular weight is 429 g/mol. The zero-order valence-electron chi connectivity index (χ0n) is 18.0. The summed E-state index contributed by atoms with van der Waals surface area (Å²) >= 11 is 1.71. The summed E-state index contributed by atoms with van der Waals surface area (Å²) in [6.45, 7) is 9.45. The number of aromatic nitrogens is 1. The number of likely N-dealkylation sites (tertiary alicyclic amines) is 1. The van der Waals surface area contributed by atoms with Crippen LogP contribution in [0, 0.1) is 12.8 Å². The van der Waals surface area contributed by atoms with E-state index in [2.05, 4.69) is 44.1 Å². The van der Waals surface area contributed by atoms with Crippen LogP contribution in [0.4, 0.5) is 0 Å². The van der Waals surface area contributed by atoms with Crippen molar-refractivity contribution in [2.45, 2.75) is 32.9 Å². The molecule has 0 aliphatic carbocycles. The van der Waals surface area contributed by atoms with E-state index in [-0.39, 0.29) is 5.92 Å². The third-order valence-electron chi connectivity index (χ3n) is 6.24. The molecule has 0 unspecified atom stereocenters. The minimum atomic E-state index is 0.187. The summed E-state index contributed by atoms with van der Waals surface area (Å²) in [7, 11) is 1.69. The Labute approximate surface area is 183 Å². The number of rotatable bonds is 6. The van der Waals surface area contributed by atoms with Crippen molar-refractivity contribution in [3.05, 3.63) is 45.9 Å². The van der Waals surface area contributed by atoms with Crippen LogP contribution in [0.5, 0.6) is 5.75 Å². The highest BCUT2D eigenvalue weighted by Crippen LogP contribution is 2.23. The van der Waals surface area contributed by atoms with Crippen molar-refractivity contribution in [1.82, 2.24) is 19.7 Å². The van der Waals surface area contributed by atoms with Crippen molar-refractivity contribution >= 4 is 17.2 Å². The fourth-order valence-corrected chi connectivity index (χ4v) is 5.03. The normalized spacial score (nSPS) is 19.2. The number of hydrogen-bond donors (Lipinski definition) is 0. The number of ether oxygens (including phenoxy) is 1. The second-order valence-electron chi connectivity index (χ2n) is 8.36. The van der Waals surface area contributed by atoms with E-state index in [9.17, 15) is 4.79 Å². The van der Waals surface area contributed by atoms with Crippen LogP contribution >= 0.6 is 11.3 Å². The molecule has 3 heterocycles. The Morgan fingerprint density at radius 3 is 2.30 bits per heavy atom. The molecule has 1 aromatic heterocycles. The predicted molar refractivity (Wildman–Crippen MR) is 120 cm³/mol. The minimum absolute atomic E-state index is 0.187. The van der Waals surface area contributed by atoms with Crippen molar-refractivity contribution in [2.75, 3.05) is 46.4 Å². The van der Waals surface area contributed by atoms with Gasteiger partial charge in [0, 0.05) is 50.6 Å². The number of carbonyl (C=O) groups is 1. The molecule has 0 saturated carbocycles. The Hall–Kier alpha value is -1.96. The zero-order chi connectivity index (χ0) is 20.9. The molecule has 2 aliphatic rings. The lowest BCUT2D eigenvalue weighted by atomic mass is 9.95. The number of hydrogen-bond acceptors (Lipinski definition) is 6. The quantitative estimate of drug-likeness (QED) is 0.708. The molecule has 2 aliphatic heterocycles. The fourth-order valence-electron chi connectivity index (χ4n) is 4.42. The van der Waals surface area contributed by atoms with E-state index in [1.165, 1.54) is 5.56 Å². The van der Waals surface area contributed by atoms with Gasteiger partial charge in [-0.15, -0.1) is 11.3 Å². The fraction of sp³-hybridized carbons (Fsp3) is 0.565. The van der Waals surface area contributed by atoms with Gasteiger partial charge in [0.2, 0.25) is 5.91 Å². The van der Waals surface area contributed by atoms with Gasteiger partial charge in [0.1, 0.15) is 5.75 Å². The van der Waals surface area contributed by atoms with Crippen LogP contribution in [-0.2, 0) is 17.9 Å². The maximum Gasteiger partial charge on any atom is 0.225 e. The zero-order valence-corrected chi connectivity index (χ0v) is 18.9. The largest absolute Gasteiger partial charge is 0.497 e. The molecule has 2 fully saturated rings. The molecule has 0 spiro atoms. The molecule has 0 bridgehead atoms. The second kappa shape index (κ2) is 9.90. The monoisotopic (exact) mass is 428 g/mol. The first kappa shape index (κ1) is 21.3. The molecule has 6 nitrogen and oxygen atoms in total. The van der Waals surface area contributed by atoms with E-state index in [4.69, 9.17) is 4.74 Å². The lowest BCUT2D eigenvalue weighted by Gasteiger charge is -2.38. The summed E-state index contributed by atoms with van der Waals surface area (Å²) in [4.78, 5) is 24.6. The molecule has 2 aromatic rings. The number of thiazole rings is 1. The van der Waals surface area contributed by atoms with E-state index >= 15 is 0 Å². The number of methoxy groups -OCH3 is 1. The highest BCUT2D eigenvalue weighted by atomic mass is 32.1. The summed E-state index contributed by atoms with van der Waals surface area (Å²) in [6.07, 6.45) is 1.93. The van der Waals surface area contributed by atoms with Crippen LogP contribution in [0.15, 0.2) is 29.6 Å². The van der Waals surface area contributed by atoms with Gasteiger partial charge < -0.3 is 9.64 Å². The number of nitrogens with zero attached hydrogens (tertiary/aromatic N) is 4. The topological polar surface area (TPSA) is 48.9 Å². The number of piperazine rings is 1. The van der Waals surface area contributed by atoms with Crippen LogP contribution in [-0.4, -0.2) is 72.0 Å². The molecule has 1 amide bonds. The number of aryl methyl sites for hydroxylation is 1. The third-order valence-corrected chi connectivity index (χ3v) is 7.06. The van der Waals surface area contributed by atoms with Crippen LogP contribution in [0.25, 0.3) is 0 Å². The molecule has 7 heteroatoms. The van der Waals surface area contributed by atoms with Crippen LogP contribution in [0.3, 0.4) is 0 Å². The molecular weight excluding hydrogens is 396 g/mol. The Morgan fingerprint density at radius 2 is 1.70 bits per heavy atom. The highest BCUT2D eigenvalue weighted by molar-refractivity contribution is 7.09. The van der Waals surface area contributed by atoms with Crippen molar-refractivity contribution < 1.29 is 9.53 Å². The van der Waals surface area contributed by atoms with Gasteiger partial charge in [0.25, 0.3) is 0 Å². The van der Waals surface area contributed by atoms with E-state index in [1.807, 2.05) is 12.1 Å². The summed E-state index contributed by atoms with van der Waals surface area (Å²) in [5.74, 6) is 1.44. The second-order valence-corrected chi connectivity index (χ2v) is 9.42. The predicted octanol–water partition coefficient (Wildman–Crippen LogP) is 3.02. The molecule has 0 atom stereocenters. The van der Waals surface area contributed by atoms with Crippen LogP contribution in [0.2, 0.25) is 0 Å². The summed E-state index contributed by atoms with van der Waals surface area (Å²) < 4.78 is 5.23. The van der Waals surface area contributed by atoms with Gasteiger partial charge in [-0.05, 0) is 50.6 Å². The summed E-state index contributed by atoms with van der Waals surface area (Å²) in [6, 6.07) is 8.27. The first-order valence-corrected chi connectivity index (χ1v) is 11.8. The maximum absolute atomic E-state index is 13.0. The smallest absolute Gasteiger partial charge is 0.225 e. The van der Waals surface area contributed by atoms with Crippen molar-refractivity contribution in [3.8, 4) is 5.75 Å². The molecule has 162 valence electrons. The van der Waals surface area contributed by atoms with Gasteiger partial charge in [0.15, 0.2) is 0 Å². The van der Waals surface area contributed by atoms with E-state index < -0.39 is 0 Å². The average Bonchev–Trinajstić information content (AvgIpc) is 3.19. The first-order chi connectivity index (χ1) is 14.6. The van der Waals surface area contributed by atoms with E-state index in [1.54, 1.807) is 18.4 Å². The molecule has 2 saturated heterocycles. The Morgan fingerprint density at radius 1 is 1.03 bits per heavy atom. The molecule has 1 aromatic carbocycles. The van der Waals surface area contributed by atoms with Gasteiger partial charge in [0.05, 0.1) is 17.8 Å². The first-order valence-electron chi connectivity index (χ1n) is 10.9. The third kappa shape index (κ3) is 5.39. The van der Waals surface area contributed by atoms with E-state index in [0.717, 1.165) is 81.7 Å². The molecule has 30 heavy (non-hydrogen) atoms. The lowest BCUT2D eigenvalue weighted by Crippen LogP contribution is -2.51. The number of benzene rings is 1. The van der Waals surface area contributed by atoms with Crippen LogP contribution < -0.4 is 4.74 Å². The number of piperidine rings is 1. The number of carbonyl (C=O) groups excluding carboxylic acids is 1. The van der Waals surface area contributed by atoms with E-state index in [0.29, 0.717) is 5.91 Å². The lowest BCUT2D eigenvalue weighted by molar-refractivity contribution is -0.139. The summed E-state index contributed by atoms with van der Waals surface area (Å²) in [5, 5.41) is 3.28. The molecule has 4 rings (SSSR count). The van der Waals surface area contributed by atoms with Gasteiger partial charge in [-0.25, -0.2) is 4.98 Å². The molecular formula is C23H32N4O2S. The van der Waals surface area contributed by atoms with Gasteiger partial charge >= 0.3 is 0 Å². The van der Waals surface area contributed by atoms with Gasteiger partial charge in [-0.2, -0.15) is 0 Å². The minimum Gasteiger partial charge on any atom is -0.497 e. The van der Waals surface area contributed by atoms with Gasteiger partial charge in [-0.3, -0.25) is 14.6 Å².